The van der Waals surface area contributed by atoms with Gasteiger partial charge in [0.2, 0.25) is 0 Å². The molecule has 6 rings (SSSR count). The number of carbonyl (C=O) groups is 1. The Labute approximate surface area is 290 Å². The number of amides is 1. The van der Waals surface area contributed by atoms with E-state index in [0.29, 0.717) is 38.1 Å². The van der Waals surface area contributed by atoms with E-state index < -0.39 is 37.6 Å². The first-order chi connectivity index (χ1) is 23.3. The van der Waals surface area contributed by atoms with Crippen LogP contribution >= 0.6 is 22.9 Å². The number of halogens is 2. The highest BCUT2D eigenvalue weighted by Gasteiger charge is 2.30. The van der Waals surface area contributed by atoms with Crippen LogP contribution in [0.15, 0.2) is 101 Å². The van der Waals surface area contributed by atoms with Gasteiger partial charge in [-0.1, -0.05) is 53.6 Å². The van der Waals surface area contributed by atoms with Gasteiger partial charge in [-0.05, 0) is 72.5 Å². The minimum atomic E-state index is -4.29. The summed E-state index contributed by atoms with van der Waals surface area (Å²) in [4.78, 5) is 12.9. The van der Waals surface area contributed by atoms with Crippen molar-refractivity contribution in [3.8, 4) is 39.6 Å². The third-order valence-corrected chi connectivity index (χ3v) is 11.4. The Morgan fingerprint density at radius 1 is 0.959 bits per heavy atom. The van der Waals surface area contributed by atoms with E-state index in [1.165, 1.54) is 57.8 Å². The summed E-state index contributed by atoms with van der Waals surface area (Å²) in [5.41, 5.74) is 3.75. The highest BCUT2D eigenvalue weighted by atomic mass is 35.5. The Hall–Kier alpha value is -4.84. The van der Waals surface area contributed by atoms with Gasteiger partial charge in [-0.15, -0.1) is 11.3 Å². The van der Waals surface area contributed by atoms with Crippen LogP contribution in [0.3, 0.4) is 0 Å². The van der Waals surface area contributed by atoms with Crippen molar-refractivity contribution in [3.05, 3.63) is 123 Å². The Balaban J connectivity index is 1.56. The van der Waals surface area contributed by atoms with E-state index in [1.807, 2.05) is 6.92 Å². The number of aryl methyl sites for hydroxylation is 1. The molecule has 0 atom stereocenters. The number of hydrogen-bond donors (Lipinski definition) is 2. The number of hydrogen-bond acceptors (Lipinski definition) is 7. The molecule has 6 aromatic rings. The lowest BCUT2D eigenvalue weighted by Gasteiger charge is -2.15. The molecule has 0 aliphatic rings. The highest BCUT2D eigenvalue weighted by Crippen LogP contribution is 2.46. The average molecular weight is 734 g/mol. The molecule has 14 heteroatoms. The number of aromatic nitrogens is 1. The average Bonchev–Trinajstić information content (AvgIpc) is 3.66. The van der Waals surface area contributed by atoms with Crippen LogP contribution in [0.1, 0.15) is 20.8 Å². The van der Waals surface area contributed by atoms with Gasteiger partial charge < -0.3 is 5.32 Å². The summed E-state index contributed by atoms with van der Waals surface area (Å²) in [6, 6.07) is 25.5. The van der Waals surface area contributed by atoms with Gasteiger partial charge in [-0.3, -0.25) is 9.35 Å². The Bertz CT molecular complexity index is 2540. The molecule has 49 heavy (non-hydrogen) atoms. The smallest absolute Gasteiger partial charge is 0.268 e. The molecular formula is C35H25ClFN3O6S3. The fraction of sp³-hybridized carbons (Fsp3) is 0.0857. The molecular weight excluding hydrogens is 709 g/mol. The van der Waals surface area contributed by atoms with Gasteiger partial charge in [0.1, 0.15) is 16.8 Å². The maximum atomic E-state index is 14.9. The normalized spacial score (nSPS) is 11.8. The first-order valence-electron chi connectivity index (χ1n) is 14.6. The molecule has 2 aromatic heterocycles. The molecule has 1 amide bonds. The monoisotopic (exact) mass is 733 g/mol. The van der Waals surface area contributed by atoms with Gasteiger partial charge >= 0.3 is 0 Å². The second-order valence-electron chi connectivity index (χ2n) is 11.1. The Morgan fingerprint density at radius 2 is 1.69 bits per heavy atom. The lowest BCUT2D eigenvalue weighted by molar-refractivity contribution is 0.0956. The third-order valence-electron chi connectivity index (χ3n) is 7.81. The molecule has 248 valence electrons. The summed E-state index contributed by atoms with van der Waals surface area (Å²) in [5, 5.41) is 14.6. The molecule has 0 aliphatic carbocycles. The molecule has 0 spiro atoms. The fourth-order valence-electron chi connectivity index (χ4n) is 5.55. The molecule has 0 bridgehead atoms. The van der Waals surface area contributed by atoms with E-state index in [-0.39, 0.29) is 33.2 Å². The summed E-state index contributed by atoms with van der Waals surface area (Å²) in [5.74, 6) is -1.83. The summed E-state index contributed by atoms with van der Waals surface area (Å²) in [6.07, 6.45) is 0. The first kappa shape index (κ1) is 34.0. The molecule has 0 saturated carbocycles. The Kier molecular flexibility index (Phi) is 9.19. The summed E-state index contributed by atoms with van der Waals surface area (Å²) in [6.45, 7) is 1.54. The minimum Gasteiger partial charge on any atom is -0.351 e. The molecule has 0 saturated heterocycles. The lowest BCUT2D eigenvalue weighted by Crippen LogP contribution is -2.28. The maximum Gasteiger partial charge on any atom is 0.268 e. The minimum absolute atomic E-state index is 0.0163. The van der Waals surface area contributed by atoms with E-state index >= 15 is 0 Å². The van der Waals surface area contributed by atoms with Crippen LogP contribution in [-0.4, -0.2) is 43.6 Å². The summed E-state index contributed by atoms with van der Waals surface area (Å²) < 4.78 is 76.0. The van der Waals surface area contributed by atoms with Crippen molar-refractivity contribution in [3.63, 3.8) is 0 Å². The molecule has 0 radical (unpaired) electrons. The molecule has 0 unspecified atom stereocenters. The van der Waals surface area contributed by atoms with E-state index in [1.54, 1.807) is 53.9 Å². The van der Waals surface area contributed by atoms with E-state index in [4.69, 9.17) is 16.2 Å². The van der Waals surface area contributed by atoms with Gasteiger partial charge in [0.25, 0.3) is 26.0 Å². The van der Waals surface area contributed by atoms with E-state index in [9.17, 15) is 31.3 Å². The van der Waals surface area contributed by atoms with Crippen molar-refractivity contribution in [1.82, 2.24) is 9.29 Å². The number of nitrogens with zero attached hydrogens (tertiary/aromatic N) is 2. The SMILES string of the molecule is Cc1ccc(S(=O)(=O)n2c(-c3cccc(-c4ccc(C(=O)NCCS(=O)(=O)O)cc4Cl)c3)c(-c3ccsc3C#N)c3cc(F)ccc32)cc1. The second kappa shape index (κ2) is 13.2. The number of carbonyl (C=O) groups excluding carboxylic acids is 1. The van der Waals surface area contributed by atoms with E-state index in [2.05, 4.69) is 11.4 Å². The molecule has 0 fully saturated rings. The maximum absolute atomic E-state index is 14.9. The van der Waals surface area contributed by atoms with Crippen LogP contribution < -0.4 is 5.32 Å². The van der Waals surface area contributed by atoms with Crippen LogP contribution in [0.2, 0.25) is 5.02 Å². The third kappa shape index (κ3) is 6.74. The van der Waals surface area contributed by atoms with Gasteiger partial charge in [-0.2, -0.15) is 13.7 Å². The summed E-state index contributed by atoms with van der Waals surface area (Å²) in [7, 11) is -8.55. The van der Waals surface area contributed by atoms with Crippen LogP contribution in [-0.2, 0) is 20.1 Å². The van der Waals surface area contributed by atoms with E-state index in [0.717, 1.165) is 5.56 Å². The van der Waals surface area contributed by atoms with Crippen molar-refractivity contribution in [2.45, 2.75) is 11.8 Å². The predicted octanol–water partition coefficient (Wildman–Crippen LogP) is 7.53. The largest absolute Gasteiger partial charge is 0.351 e. The molecule has 2 heterocycles. The first-order valence-corrected chi connectivity index (χ1v) is 18.9. The number of nitrogens with one attached hydrogen (secondary N) is 1. The van der Waals surface area contributed by atoms with Crippen LogP contribution in [0.4, 0.5) is 4.39 Å². The lowest BCUT2D eigenvalue weighted by atomic mass is 9.96. The van der Waals surface area contributed by atoms with Crippen LogP contribution in [0.5, 0.6) is 0 Å². The van der Waals surface area contributed by atoms with Gasteiger partial charge in [0.15, 0.2) is 0 Å². The highest BCUT2D eigenvalue weighted by molar-refractivity contribution is 7.90. The van der Waals surface area contributed by atoms with Crippen LogP contribution in [0, 0.1) is 24.1 Å². The van der Waals surface area contributed by atoms with Gasteiger partial charge in [0.05, 0.1) is 21.9 Å². The van der Waals surface area contributed by atoms with Crippen molar-refractivity contribution in [1.29, 1.82) is 5.26 Å². The molecule has 9 nitrogen and oxygen atoms in total. The number of benzene rings is 4. The number of thiophene rings is 1. The number of rotatable bonds is 9. The predicted molar refractivity (Wildman–Crippen MR) is 188 cm³/mol. The van der Waals surface area contributed by atoms with Crippen molar-refractivity contribution >= 4 is 59.9 Å². The number of fused-ring (bicyclic) bond motifs is 1. The van der Waals surface area contributed by atoms with Crippen molar-refractivity contribution in [2.24, 2.45) is 0 Å². The van der Waals surface area contributed by atoms with Gasteiger partial charge in [-0.25, -0.2) is 16.8 Å². The zero-order valence-corrected chi connectivity index (χ0v) is 28.7. The fourth-order valence-corrected chi connectivity index (χ4v) is 8.43. The Morgan fingerprint density at radius 3 is 2.39 bits per heavy atom. The standard InChI is InChI=1S/C35H25ClFN3O6S3/c1-21-5-9-26(10-6-21)49(45,46)40-31-12-8-25(37)19-29(31)33(28-13-15-47-32(28)20-38)34(40)23-4-2-3-22(17-23)27-11-7-24(18-30(27)36)35(41)39-14-16-48(42,43)44/h2-13,15,17-19H,14,16H2,1H3,(H,39,41)(H,42,43,44). The second-order valence-corrected chi connectivity index (χ2v) is 15.7. The molecule has 4 aromatic carbocycles. The zero-order valence-electron chi connectivity index (χ0n) is 25.5. The van der Waals surface area contributed by atoms with Gasteiger partial charge in [0, 0.05) is 44.8 Å². The topological polar surface area (TPSA) is 146 Å². The zero-order chi connectivity index (χ0) is 35.1. The van der Waals surface area contributed by atoms with Crippen molar-refractivity contribution < 1.29 is 30.6 Å². The number of nitriles is 1. The quantitative estimate of drug-likeness (QED) is 0.146. The van der Waals surface area contributed by atoms with Crippen LogP contribution in [0.25, 0.3) is 44.4 Å². The van der Waals surface area contributed by atoms with Crippen molar-refractivity contribution in [2.75, 3.05) is 12.3 Å². The molecule has 0 aliphatic heterocycles. The summed E-state index contributed by atoms with van der Waals surface area (Å²) >= 11 is 7.83. The molecule has 2 N–H and O–H groups in total.